The van der Waals surface area contributed by atoms with Gasteiger partial charge in [-0.1, -0.05) is 6.92 Å². The van der Waals surface area contributed by atoms with Crippen molar-refractivity contribution in [3.05, 3.63) is 0 Å². The molecular weight excluding hydrogens is 226 g/mol. The van der Waals surface area contributed by atoms with Crippen molar-refractivity contribution in [1.82, 2.24) is 15.1 Å². The van der Waals surface area contributed by atoms with Crippen molar-refractivity contribution in [3.8, 4) is 0 Å². The minimum absolute atomic E-state index is 0.252. The maximum Gasteiger partial charge on any atom is 0.225 e. The van der Waals surface area contributed by atoms with E-state index in [0.717, 1.165) is 45.4 Å². The molecule has 0 aliphatic carbocycles. The lowest BCUT2D eigenvalue weighted by molar-refractivity contribution is -0.139. The molecule has 4 nitrogen and oxygen atoms in total. The van der Waals surface area contributed by atoms with E-state index in [1.165, 1.54) is 0 Å². The van der Waals surface area contributed by atoms with E-state index in [1.54, 1.807) is 0 Å². The van der Waals surface area contributed by atoms with Gasteiger partial charge in [-0.15, -0.1) is 0 Å². The zero-order chi connectivity index (χ0) is 13.1. The van der Waals surface area contributed by atoms with Gasteiger partial charge in [-0.25, -0.2) is 0 Å². The fourth-order valence-electron chi connectivity index (χ4n) is 3.20. The molecule has 4 heteroatoms. The Morgan fingerprint density at radius 3 is 2.83 bits per heavy atom. The maximum atomic E-state index is 12.5. The molecule has 0 bridgehead atoms. The van der Waals surface area contributed by atoms with Crippen LogP contribution in [0, 0.1) is 5.92 Å². The first-order valence-electron chi connectivity index (χ1n) is 7.34. The molecule has 104 valence electrons. The number of nitrogens with one attached hydrogen (secondary N) is 1. The molecule has 3 atom stereocenters. The molecule has 2 heterocycles. The van der Waals surface area contributed by atoms with E-state index in [4.69, 9.17) is 0 Å². The number of piperazine rings is 1. The van der Waals surface area contributed by atoms with E-state index in [2.05, 4.69) is 36.0 Å². The second kappa shape index (κ2) is 6.02. The molecule has 0 radical (unpaired) electrons. The molecule has 1 amide bonds. The second-order valence-electron chi connectivity index (χ2n) is 5.90. The number of carbonyl (C=O) groups excluding carboxylic acids is 1. The molecule has 2 fully saturated rings. The molecule has 0 saturated carbocycles. The van der Waals surface area contributed by atoms with Crippen LogP contribution in [0.1, 0.15) is 33.1 Å². The zero-order valence-electron chi connectivity index (χ0n) is 12.0. The lowest BCUT2D eigenvalue weighted by atomic mass is 9.91. The summed E-state index contributed by atoms with van der Waals surface area (Å²) in [6, 6.07) is 1.03. The summed E-state index contributed by atoms with van der Waals surface area (Å²) in [7, 11) is 2.17. The highest BCUT2D eigenvalue weighted by molar-refractivity contribution is 5.79. The van der Waals surface area contributed by atoms with Crippen molar-refractivity contribution >= 4 is 5.91 Å². The summed E-state index contributed by atoms with van der Waals surface area (Å²) in [6.45, 7) is 8.22. The van der Waals surface area contributed by atoms with Crippen LogP contribution in [-0.2, 0) is 4.79 Å². The van der Waals surface area contributed by atoms with Gasteiger partial charge in [0.15, 0.2) is 0 Å². The molecule has 0 spiro atoms. The van der Waals surface area contributed by atoms with Crippen LogP contribution in [-0.4, -0.2) is 61.0 Å². The molecule has 2 aliphatic heterocycles. The topological polar surface area (TPSA) is 35.6 Å². The van der Waals surface area contributed by atoms with Crippen LogP contribution in [0.2, 0.25) is 0 Å². The summed E-state index contributed by atoms with van der Waals surface area (Å²) in [4.78, 5) is 17.0. The fraction of sp³-hybridized carbons (Fsp3) is 0.929. The predicted octanol–water partition coefficient (Wildman–Crippen LogP) is 0.927. The molecule has 0 aromatic carbocycles. The van der Waals surface area contributed by atoms with Gasteiger partial charge in [-0.2, -0.15) is 0 Å². The van der Waals surface area contributed by atoms with Gasteiger partial charge < -0.3 is 10.2 Å². The normalized spacial score (nSPS) is 34.6. The number of likely N-dealkylation sites (N-methyl/N-ethyl adjacent to an activating group) is 1. The summed E-state index contributed by atoms with van der Waals surface area (Å²) in [6.07, 6.45) is 3.14. The lowest BCUT2D eigenvalue weighted by Gasteiger charge is -2.41. The number of rotatable bonds is 2. The molecule has 2 aliphatic rings. The van der Waals surface area contributed by atoms with Crippen LogP contribution in [0.4, 0.5) is 0 Å². The van der Waals surface area contributed by atoms with Crippen LogP contribution >= 0.6 is 0 Å². The van der Waals surface area contributed by atoms with Gasteiger partial charge in [0, 0.05) is 37.6 Å². The van der Waals surface area contributed by atoms with E-state index < -0.39 is 0 Å². The highest BCUT2D eigenvalue weighted by Gasteiger charge is 2.32. The number of piperidine rings is 1. The van der Waals surface area contributed by atoms with Crippen molar-refractivity contribution in [2.75, 3.05) is 33.2 Å². The van der Waals surface area contributed by atoms with Crippen LogP contribution in [0.25, 0.3) is 0 Å². The molecule has 0 aromatic rings. The number of hydrogen-bond donors (Lipinski definition) is 1. The van der Waals surface area contributed by atoms with Crippen LogP contribution in [0.3, 0.4) is 0 Å². The number of amides is 1. The van der Waals surface area contributed by atoms with Crippen molar-refractivity contribution in [2.24, 2.45) is 5.92 Å². The zero-order valence-corrected chi connectivity index (χ0v) is 12.0. The van der Waals surface area contributed by atoms with E-state index in [9.17, 15) is 4.79 Å². The van der Waals surface area contributed by atoms with E-state index in [1.807, 2.05) is 0 Å². The third-order valence-corrected chi connectivity index (χ3v) is 4.53. The first kappa shape index (κ1) is 13.8. The number of nitrogens with zero attached hydrogens (tertiary/aromatic N) is 2. The van der Waals surface area contributed by atoms with Gasteiger partial charge in [0.05, 0.1) is 0 Å². The molecule has 1 N–H and O–H groups in total. The predicted molar refractivity (Wildman–Crippen MR) is 73.5 cm³/mol. The number of carbonyl (C=O) groups is 1. The molecule has 3 unspecified atom stereocenters. The minimum Gasteiger partial charge on any atom is -0.340 e. The Labute approximate surface area is 111 Å². The maximum absolute atomic E-state index is 12.5. The number of hydrogen-bond acceptors (Lipinski definition) is 3. The summed E-state index contributed by atoms with van der Waals surface area (Å²) in [5.74, 6) is 0.650. The Balaban J connectivity index is 1.92. The van der Waals surface area contributed by atoms with Gasteiger partial charge in [-0.3, -0.25) is 9.69 Å². The van der Waals surface area contributed by atoms with Gasteiger partial charge in [0.2, 0.25) is 5.91 Å². The molecular formula is C14H27N3O. The molecule has 18 heavy (non-hydrogen) atoms. The third kappa shape index (κ3) is 3.04. The van der Waals surface area contributed by atoms with Crippen molar-refractivity contribution < 1.29 is 4.79 Å². The quantitative estimate of drug-likeness (QED) is 0.795. The average Bonchev–Trinajstić information content (AvgIpc) is 2.38. The first-order chi connectivity index (χ1) is 8.61. The highest BCUT2D eigenvalue weighted by atomic mass is 16.2. The smallest absolute Gasteiger partial charge is 0.225 e. The highest BCUT2D eigenvalue weighted by Crippen LogP contribution is 2.21. The lowest BCUT2D eigenvalue weighted by Crippen LogP contribution is -2.55. The van der Waals surface area contributed by atoms with Crippen molar-refractivity contribution in [1.29, 1.82) is 0 Å². The second-order valence-corrected chi connectivity index (χ2v) is 5.90. The monoisotopic (exact) mass is 253 g/mol. The average molecular weight is 253 g/mol. The Morgan fingerprint density at radius 2 is 2.17 bits per heavy atom. The van der Waals surface area contributed by atoms with Gasteiger partial charge >= 0.3 is 0 Å². The largest absolute Gasteiger partial charge is 0.340 e. The first-order valence-corrected chi connectivity index (χ1v) is 7.34. The molecule has 2 saturated heterocycles. The summed E-state index contributed by atoms with van der Waals surface area (Å²) in [5.41, 5.74) is 0. The van der Waals surface area contributed by atoms with Gasteiger partial charge in [-0.05, 0) is 39.8 Å². The third-order valence-electron chi connectivity index (χ3n) is 4.53. The van der Waals surface area contributed by atoms with Gasteiger partial charge in [0.25, 0.3) is 0 Å². The Kier molecular flexibility index (Phi) is 4.62. The van der Waals surface area contributed by atoms with Crippen molar-refractivity contribution in [2.45, 2.75) is 45.2 Å². The minimum atomic E-state index is 0.252. The van der Waals surface area contributed by atoms with Gasteiger partial charge in [0.1, 0.15) is 0 Å². The summed E-state index contributed by atoms with van der Waals surface area (Å²) >= 11 is 0. The van der Waals surface area contributed by atoms with E-state index in [0.29, 0.717) is 18.0 Å². The van der Waals surface area contributed by atoms with Crippen molar-refractivity contribution in [3.63, 3.8) is 0 Å². The summed E-state index contributed by atoms with van der Waals surface area (Å²) < 4.78 is 0. The Morgan fingerprint density at radius 1 is 1.39 bits per heavy atom. The molecule has 0 aromatic heterocycles. The SMILES string of the molecule is CCC1CN(C(=O)C2CCNC(C)C2)CCN1C. The fourth-order valence-corrected chi connectivity index (χ4v) is 3.20. The Hall–Kier alpha value is -0.610. The van der Waals surface area contributed by atoms with E-state index in [-0.39, 0.29) is 5.92 Å². The van der Waals surface area contributed by atoms with E-state index >= 15 is 0 Å². The Bertz CT molecular complexity index is 295. The van der Waals surface area contributed by atoms with Crippen LogP contribution in [0.15, 0.2) is 0 Å². The van der Waals surface area contributed by atoms with Crippen LogP contribution < -0.4 is 5.32 Å². The summed E-state index contributed by atoms with van der Waals surface area (Å²) in [5, 5.41) is 3.42. The standard InChI is InChI=1S/C14H27N3O/c1-4-13-10-17(8-7-16(13)3)14(18)12-5-6-15-11(2)9-12/h11-13,15H,4-10H2,1-3H3. The van der Waals surface area contributed by atoms with Crippen LogP contribution in [0.5, 0.6) is 0 Å². The molecule has 2 rings (SSSR count).